The van der Waals surface area contributed by atoms with E-state index in [-0.39, 0.29) is 12.5 Å². The number of pyridine rings is 1. The SMILES string of the molecule is Cc1cc(NC(=O)CN(C)c2ccc(Cl)cn2)no1. The van der Waals surface area contributed by atoms with Crippen molar-refractivity contribution in [1.82, 2.24) is 10.1 Å². The quantitative estimate of drug-likeness (QED) is 0.929. The molecule has 2 rings (SSSR count). The van der Waals surface area contributed by atoms with Gasteiger partial charge in [-0.2, -0.15) is 0 Å². The van der Waals surface area contributed by atoms with Gasteiger partial charge in [-0.05, 0) is 19.1 Å². The van der Waals surface area contributed by atoms with E-state index in [4.69, 9.17) is 16.1 Å². The van der Waals surface area contributed by atoms with E-state index in [2.05, 4.69) is 15.5 Å². The van der Waals surface area contributed by atoms with E-state index in [1.165, 1.54) is 6.20 Å². The maximum absolute atomic E-state index is 11.8. The summed E-state index contributed by atoms with van der Waals surface area (Å²) in [5.41, 5.74) is 0. The van der Waals surface area contributed by atoms with Gasteiger partial charge in [-0.15, -0.1) is 0 Å². The van der Waals surface area contributed by atoms with Crippen molar-refractivity contribution in [1.29, 1.82) is 0 Å². The molecule has 2 aromatic rings. The summed E-state index contributed by atoms with van der Waals surface area (Å²) in [4.78, 5) is 17.6. The van der Waals surface area contributed by atoms with Gasteiger partial charge in [0.2, 0.25) is 5.91 Å². The number of halogens is 1. The van der Waals surface area contributed by atoms with Gasteiger partial charge < -0.3 is 14.7 Å². The number of anilines is 2. The Kier molecular flexibility index (Phi) is 4.01. The lowest BCUT2D eigenvalue weighted by Gasteiger charge is -2.16. The molecule has 2 aromatic heterocycles. The maximum atomic E-state index is 11.8. The molecular weight excluding hydrogens is 268 g/mol. The fraction of sp³-hybridized carbons (Fsp3) is 0.250. The number of aryl methyl sites for hydroxylation is 1. The smallest absolute Gasteiger partial charge is 0.245 e. The van der Waals surface area contributed by atoms with Gasteiger partial charge in [0, 0.05) is 19.3 Å². The Morgan fingerprint density at radius 3 is 2.89 bits per heavy atom. The van der Waals surface area contributed by atoms with Crippen LogP contribution in [-0.2, 0) is 4.79 Å². The number of hydrogen-bond donors (Lipinski definition) is 1. The summed E-state index contributed by atoms with van der Waals surface area (Å²) < 4.78 is 4.86. The first-order valence-electron chi connectivity index (χ1n) is 5.60. The summed E-state index contributed by atoms with van der Waals surface area (Å²) in [5.74, 6) is 1.51. The van der Waals surface area contributed by atoms with Crippen LogP contribution in [0.4, 0.5) is 11.6 Å². The molecule has 100 valence electrons. The molecule has 6 nitrogen and oxygen atoms in total. The number of likely N-dealkylation sites (N-methyl/N-ethyl adjacent to an activating group) is 1. The Morgan fingerprint density at radius 1 is 1.53 bits per heavy atom. The fourth-order valence-corrected chi connectivity index (χ4v) is 1.61. The average molecular weight is 281 g/mol. The molecule has 0 fully saturated rings. The van der Waals surface area contributed by atoms with Crippen LogP contribution in [-0.4, -0.2) is 29.6 Å². The third kappa shape index (κ3) is 3.69. The van der Waals surface area contributed by atoms with Crippen molar-refractivity contribution in [3.8, 4) is 0 Å². The van der Waals surface area contributed by atoms with Crippen LogP contribution in [0.1, 0.15) is 5.76 Å². The molecule has 1 amide bonds. The molecular formula is C12H13ClN4O2. The van der Waals surface area contributed by atoms with E-state index < -0.39 is 0 Å². The van der Waals surface area contributed by atoms with Gasteiger partial charge >= 0.3 is 0 Å². The van der Waals surface area contributed by atoms with Gasteiger partial charge in [0.05, 0.1) is 11.6 Å². The van der Waals surface area contributed by atoms with E-state index in [0.717, 1.165) is 0 Å². The third-order valence-electron chi connectivity index (χ3n) is 2.38. The molecule has 0 aliphatic carbocycles. The van der Waals surface area contributed by atoms with Crippen LogP contribution in [0.25, 0.3) is 0 Å². The topological polar surface area (TPSA) is 71.3 Å². The van der Waals surface area contributed by atoms with Crippen molar-refractivity contribution < 1.29 is 9.32 Å². The van der Waals surface area contributed by atoms with Crippen molar-refractivity contribution in [2.75, 3.05) is 23.8 Å². The predicted octanol–water partition coefficient (Wildman–Crippen LogP) is 2.11. The fourth-order valence-electron chi connectivity index (χ4n) is 1.50. The summed E-state index contributed by atoms with van der Waals surface area (Å²) in [6.45, 7) is 1.91. The molecule has 0 saturated carbocycles. The highest BCUT2D eigenvalue weighted by Crippen LogP contribution is 2.13. The second kappa shape index (κ2) is 5.71. The normalized spacial score (nSPS) is 10.3. The Bertz CT molecular complexity index is 567. The van der Waals surface area contributed by atoms with Crippen molar-refractivity contribution >= 4 is 29.1 Å². The van der Waals surface area contributed by atoms with E-state index in [1.54, 1.807) is 37.1 Å². The van der Waals surface area contributed by atoms with Crippen LogP contribution in [0.15, 0.2) is 28.9 Å². The molecule has 0 aliphatic rings. The Hall–Kier alpha value is -2.08. The third-order valence-corrected chi connectivity index (χ3v) is 2.60. The van der Waals surface area contributed by atoms with Gasteiger partial charge in [0.1, 0.15) is 11.6 Å². The molecule has 2 heterocycles. The van der Waals surface area contributed by atoms with Gasteiger partial charge in [-0.1, -0.05) is 16.8 Å². The summed E-state index contributed by atoms with van der Waals surface area (Å²) in [6, 6.07) is 5.12. The van der Waals surface area contributed by atoms with Crippen molar-refractivity contribution in [2.24, 2.45) is 0 Å². The Morgan fingerprint density at radius 2 is 2.32 bits per heavy atom. The summed E-state index contributed by atoms with van der Waals surface area (Å²) >= 11 is 5.75. The van der Waals surface area contributed by atoms with Gasteiger partial charge in [0.25, 0.3) is 0 Å². The van der Waals surface area contributed by atoms with E-state index >= 15 is 0 Å². The highest BCUT2D eigenvalue weighted by Gasteiger charge is 2.10. The predicted molar refractivity (Wildman–Crippen MR) is 72.4 cm³/mol. The number of aromatic nitrogens is 2. The molecule has 0 radical (unpaired) electrons. The summed E-state index contributed by atoms with van der Waals surface area (Å²) in [6.07, 6.45) is 1.53. The lowest BCUT2D eigenvalue weighted by Crippen LogP contribution is -2.30. The van der Waals surface area contributed by atoms with Crippen molar-refractivity contribution in [2.45, 2.75) is 6.92 Å². The van der Waals surface area contributed by atoms with Crippen molar-refractivity contribution in [3.63, 3.8) is 0 Å². The number of hydrogen-bond acceptors (Lipinski definition) is 5. The minimum Gasteiger partial charge on any atom is -0.360 e. The van der Waals surface area contributed by atoms with Gasteiger partial charge in [-0.25, -0.2) is 4.98 Å². The molecule has 0 atom stereocenters. The zero-order chi connectivity index (χ0) is 13.8. The minimum atomic E-state index is -0.201. The molecule has 0 bridgehead atoms. The summed E-state index contributed by atoms with van der Waals surface area (Å²) in [5, 5.41) is 6.88. The second-order valence-electron chi connectivity index (χ2n) is 4.06. The van der Waals surface area contributed by atoms with Crippen LogP contribution in [0.3, 0.4) is 0 Å². The first-order chi connectivity index (χ1) is 9.04. The molecule has 0 aromatic carbocycles. The molecule has 0 saturated heterocycles. The van der Waals surface area contributed by atoms with Crippen LogP contribution in [0, 0.1) is 6.92 Å². The highest BCUT2D eigenvalue weighted by atomic mass is 35.5. The molecule has 19 heavy (non-hydrogen) atoms. The van der Waals surface area contributed by atoms with E-state index in [1.807, 2.05) is 0 Å². The zero-order valence-electron chi connectivity index (χ0n) is 10.6. The number of nitrogens with one attached hydrogen (secondary N) is 1. The molecule has 0 aliphatic heterocycles. The standard InChI is InChI=1S/C12H13ClN4O2/c1-8-5-10(16-19-8)15-12(18)7-17(2)11-4-3-9(13)6-14-11/h3-6H,7H2,1-2H3,(H,15,16,18). The monoisotopic (exact) mass is 280 g/mol. The van der Waals surface area contributed by atoms with Crippen LogP contribution in [0.5, 0.6) is 0 Å². The Balaban J connectivity index is 1.93. The minimum absolute atomic E-state index is 0.153. The highest BCUT2D eigenvalue weighted by molar-refractivity contribution is 6.30. The van der Waals surface area contributed by atoms with Crippen LogP contribution in [0.2, 0.25) is 5.02 Å². The first kappa shape index (κ1) is 13.4. The van der Waals surface area contributed by atoms with Crippen LogP contribution >= 0.6 is 11.6 Å². The lowest BCUT2D eigenvalue weighted by atomic mass is 10.4. The second-order valence-corrected chi connectivity index (χ2v) is 4.50. The molecule has 0 unspecified atom stereocenters. The number of carbonyl (C=O) groups excluding carboxylic acids is 1. The number of carbonyl (C=O) groups is 1. The largest absolute Gasteiger partial charge is 0.360 e. The Labute approximate surface area is 115 Å². The van der Waals surface area contributed by atoms with Gasteiger partial charge in [0.15, 0.2) is 5.82 Å². The molecule has 7 heteroatoms. The van der Waals surface area contributed by atoms with Crippen molar-refractivity contribution in [3.05, 3.63) is 35.2 Å². The molecule has 0 spiro atoms. The average Bonchev–Trinajstić information content (AvgIpc) is 2.75. The summed E-state index contributed by atoms with van der Waals surface area (Å²) in [7, 11) is 1.77. The number of nitrogens with zero attached hydrogens (tertiary/aromatic N) is 3. The van der Waals surface area contributed by atoms with Crippen LogP contribution < -0.4 is 10.2 Å². The number of amides is 1. The van der Waals surface area contributed by atoms with Gasteiger partial charge in [-0.3, -0.25) is 4.79 Å². The molecule has 1 N–H and O–H groups in total. The zero-order valence-corrected chi connectivity index (χ0v) is 11.3. The number of rotatable bonds is 4. The lowest BCUT2D eigenvalue weighted by molar-refractivity contribution is -0.115. The van der Waals surface area contributed by atoms with E-state index in [0.29, 0.717) is 22.4 Å². The first-order valence-corrected chi connectivity index (χ1v) is 5.98. The van der Waals surface area contributed by atoms with E-state index in [9.17, 15) is 4.79 Å². The maximum Gasteiger partial charge on any atom is 0.245 e.